The highest BCUT2D eigenvalue weighted by Gasteiger charge is 2.31. The van der Waals surface area contributed by atoms with Crippen molar-refractivity contribution in [3.8, 4) is 0 Å². The number of carbonyl (C=O) groups excluding carboxylic acids is 4. The number of imidazole rings is 1. The maximum Gasteiger partial charge on any atom is 0.326 e. The Balaban J connectivity index is 3.01. The van der Waals surface area contributed by atoms with Crippen LogP contribution in [0.1, 0.15) is 37.8 Å². The standard InChI is InChI=1S/C22H39N13O6/c23-12(7-11-9-29-10-32-11)17(37)35-15(8-16(24)36)19(39)33-13(3-1-5-30-21(25)26)18(38)34-14(20(40)41)4-2-6-31-22(27)28/h9-10,12-15H,1-8,23H2,(H2,24,36)(H,29,32)(H,33,39)(H,34,38)(H,35,37)(H,40,41)(H4,25,26,30)(H4,27,28,31). The summed E-state index contributed by atoms with van der Waals surface area (Å²) in [6.45, 7) is 0.241. The first-order valence-corrected chi connectivity index (χ1v) is 12.6. The number of H-pyrrole nitrogens is 1. The number of carboxylic acid groups (broad SMARTS) is 1. The minimum atomic E-state index is -1.48. The highest BCUT2D eigenvalue weighted by atomic mass is 16.4. The van der Waals surface area contributed by atoms with Crippen molar-refractivity contribution in [1.82, 2.24) is 25.9 Å². The van der Waals surface area contributed by atoms with Gasteiger partial charge in [-0.25, -0.2) is 9.78 Å². The summed E-state index contributed by atoms with van der Waals surface area (Å²) < 4.78 is 0. The molecule has 0 saturated carbocycles. The first kappa shape index (κ1) is 34.1. The predicted octanol–water partition coefficient (Wildman–Crippen LogP) is -5.20. The Kier molecular flexibility index (Phi) is 14.6. The van der Waals surface area contributed by atoms with Gasteiger partial charge in [0.05, 0.1) is 18.8 Å². The fraction of sp³-hybridized carbons (Fsp3) is 0.545. The summed E-state index contributed by atoms with van der Waals surface area (Å²) in [6, 6.07) is -5.19. The highest BCUT2D eigenvalue weighted by Crippen LogP contribution is 2.05. The van der Waals surface area contributed by atoms with Crippen LogP contribution < -0.4 is 50.4 Å². The number of aliphatic imine (C=N–C) groups is 2. The van der Waals surface area contributed by atoms with Gasteiger partial charge in [0, 0.05) is 31.4 Å². The Morgan fingerprint density at radius 2 is 1.34 bits per heavy atom. The average molecular weight is 582 g/mol. The van der Waals surface area contributed by atoms with Crippen LogP contribution in [0.3, 0.4) is 0 Å². The van der Waals surface area contributed by atoms with Gasteiger partial charge in [0.1, 0.15) is 18.1 Å². The second kappa shape index (κ2) is 17.6. The first-order chi connectivity index (χ1) is 19.3. The number of amides is 4. The monoisotopic (exact) mass is 581 g/mol. The molecule has 4 unspecified atom stereocenters. The fourth-order valence-corrected chi connectivity index (χ4v) is 3.49. The van der Waals surface area contributed by atoms with Crippen molar-refractivity contribution in [2.45, 2.75) is 62.7 Å². The summed E-state index contributed by atoms with van der Waals surface area (Å²) in [5.41, 5.74) is 32.9. The number of hydrogen-bond donors (Lipinski definition) is 11. The summed E-state index contributed by atoms with van der Waals surface area (Å²) in [5, 5.41) is 16.7. The number of rotatable bonds is 19. The van der Waals surface area contributed by atoms with Gasteiger partial charge >= 0.3 is 5.97 Å². The van der Waals surface area contributed by atoms with Crippen molar-refractivity contribution < 1.29 is 29.1 Å². The van der Waals surface area contributed by atoms with Crippen LogP contribution in [-0.4, -0.2) is 93.8 Å². The number of aromatic nitrogens is 2. The molecule has 0 fully saturated rings. The van der Waals surface area contributed by atoms with Crippen LogP contribution in [0.25, 0.3) is 0 Å². The van der Waals surface area contributed by atoms with E-state index in [0.29, 0.717) is 5.69 Å². The maximum atomic E-state index is 13.1. The molecule has 17 N–H and O–H groups in total. The Hall–Kier alpha value is -4.94. The Morgan fingerprint density at radius 1 is 0.829 bits per heavy atom. The van der Waals surface area contributed by atoms with E-state index in [1.54, 1.807) is 0 Å². The number of carboxylic acids is 1. The third-order valence-corrected chi connectivity index (χ3v) is 5.51. The van der Waals surface area contributed by atoms with Crippen LogP contribution in [-0.2, 0) is 30.4 Å². The van der Waals surface area contributed by atoms with E-state index in [-0.39, 0.29) is 57.1 Å². The average Bonchev–Trinajstić information content (AvgIpc) is 3.39. The van der Waals surface area contributed by atoms with Crippen molar-refractivity contribution in [3.05, 3.63) is 18.2 Å². The Labute approximate surface area is 235 Å². The minimum Gasteiger partial charge on any atom is -0.480 e. The van der Waals surface area contributed by atoms with Crippen LogP contribution in [0.15, 0.2) is 22.5 Å². The van der Waals surface area contributed by atoms with Crippen LogP contribution in [0, 0.1) is 0 Å². The van der Waals surface area contributed by atoms with Crippen molar-refractivity contribution in [1.29, 1.82) is 0 Å². The van der Waals surface area contributed by atoms with Crippen LogP contribution in [0.2, 0.25) is 0 Å². The number of hydrogen-bond acceptors (Lipinski definition) is 9. The number of aromatic amines is 1. The number of nitrogens with one attached hydrogen (secondary N) is 4. The molecule has 4 atom stereocenters. The van der Waals surface area contributed by atoms with E-state index in [1.165, 1.54) is 12.5 Å². The molecule has 0 aliphatic heterocycles. The third kappa shape index (κ3) is 14.1. The molecule has 1 aromatic rings. The molecule has 228 valence electrons. The third-order valence-electron chi connectivity index (χ3n) is 5.51. The van der Waals surface area contributed by atoms with Gasteiger partial charge in [0.2, 0.25) is 23.6 Å². The molecule has 0 spiro atoms. The number of nitrogens with zero attached hydrogens (tertiary/aromatic N) is 3. The molecular formula is C22H39N13O6. The van der Waals surface area contributed by atoms with Gasteiger partial charge < -0.3 is 60.4 Å². The molecule has 1 heterocycles. The molecule has 19 nitrogen and oxygen atoms in total. The van der Waals surface area contributed by atoms with Crippen LogP contribution in [0.4, 0.5) is 0 Å². The summed E-state index contributed by atoms with van der Waals surface area (Å²) in [5.74, 6) is -5.10. The topological polar surface area (TPSA) is 351 Å². The summed E-state index contributed by atoms with van der Waals surface area (Å²) in [6.07, 6.45) is 2.75. The van der Waals surface area contributed by atoms with E-state index in [1.807, 2.05) is 0 Å². The molecule has 19 heteroatoms. The number of nitrogens with two attached hydrogens (primary N) is 6. The highest BCUT2D eigenvalue weighted by molar-refractivity contribution is 5.96. The molecule has 0 aliphatic carbocycles. The van der Waals surface area contributed by atoms with E-state index in [0.717, 1.165) is 0 Å². The SMILES string of the molecule is NC(=O)CC(NC(=O)C(N)Cc1cnc[nH]1)C(=O)NC(CCCN=C(N)N)C(=O)NC(CCCN=C(N)N)C(=O)O. The molecule has 1 rings (SSSR count). The van der Waals surface area contributed by atoms with Crippen LogP contribution in [0.5, 0.6) is 0 Å². The summed E-state index contributed by atoms with van der Waals surface area (Å²) in [4.78, 5) is 76.4. The zero-order valence-corrected chi connectivity index (χ0v) is 22.4. The Morgan fingerprint density at radius 3 is 1.83 bits per heavy atom. The van der Waals surface area contributed by atoms with Crippen molar-refractivity contribution in [2.75, 3.05) is 13.1 Å². The molecule has 0 radical (unpaired) electrons. The lowest BCUT2D eigenvalue weighted by molar-refractivity contribution is -0.142. The lowest BCUT2D eigenvalue weighted by Crippen LogP contribution is -2.58. The summed E-state index contributed by atoms with van der Waals surface area (Å²) >= 11 is 0. The van der Waals surface area contributed by atoms with Gasteiger partial charge in [0.15, 0.2) is 11.9 Å². The number of carbonyl (C=O) groups is 5. The van der Waals surface area contributed by atoms with Crippen molar-refractivity contribution in [3.63, 3.8) is 0 Å². The number of guanidine groups is 2. The lowest BCUT2D eigenvalue weighted by atomic mass is 10.1. The second-order valence-electron chi connectivity index (χ2n) is 8.98. The molecule has 0 saturated heterocycles. The molecular weight excluding hydrogens is 542 g/mol. The van der Waals surface area contributed by atoms with E-state index >= 15 is 0 Å². The molecule has 41 heavy (non-hydrogen) atoms. The molecule has 1 aromatic heterocycles. The van der Waals surface area contributed by atoms with Gasteiger partial charge in [-0.3, -0.25) is 29.2 Å². The quantitative estimate of drug-likeness (QED) is 0.0414. The Bertz CT molecular complexity index is 1080. The van der Waals surface area contributed by atoms with E-state index < -0.39 is 60.2 Å². The minimum absolute atomic E-state index is 0.0128. The van der Waals surface area contributed by atoms with E-state index in [2.05, 4.69) is 35.9 Å². The van der Waals surface area contributed by atoms with Gasteiger partial charge in [-0.1, -0.05) is 0 Å². The molecule has 4 amide bonds. The van der Waals surface area contributed by atoms with Crippen LogP contribution >= 0.6 is 0 Å². The molecule has 0 aromatic carbocycles. The molecule has 0 bridgehead atoms. The van der Waals surface area contributed by atoms with E-state index in [9.17, 15) is 29.1 Å². The zero-order chi connectivity index (χ0) is 30.9. The fourth-order valence-electron chi connectivity index (χ4n) is 3.49. The smallest absolute Gasteiger partial charge is 0.326 e. The van der Waals surface area contributed by atoms with Gasteiger partial charge in [-0.2, -0.15) is 0 Å². The van der Waals surface area contributed by atoms with Gasteiger partial charge in [-0.15, -0.1) is 0 Å². The lowest BCUT2D eigenvalue weighted by Gasteiger charge is -2.24. The van der Waals surface area contributed by atoms with Crippen molar-refractivity contribution in [2.24, 2.45) is 44.4 Å². The summed E-state index contributed by atoms with van der Waals surface area (Å²) in [7, 11) is 0. The number of primary amides is 1. The zero-order valence-electron chi connectivity index (χ0n) is 22.4. The van der Waals surface area contributed by atoms with Crippen molar-refractivity contribution >= 4 is 41.5 Å². The van der Waals surface area contributed by atoms with E-state index in [4.69, 9.17) is 34.4 Å². The normalized spacial score (nSPS) is 13.5. The number of aliphatic carboxylic acids is 1. The first-order valence-electron chi connectivity index (χ1n) is 12.6. The second-order valence-corrected chi connectivity index (χ2v) is 8.98. The largest absolute Gasteiger partial charge is 0.480 e. The predicted molar refractivity (Wildman–Crippen MR) is 147 cm³/mol. The molecule has 0 aliphatic rings. The maximum absolute atomic E-state index is 13.1. The van der Waals surface area contributed by atoms with Gasteiger partial charge in [0.25, 0.3) is 0 Å². The van der Waals surface area contributed by atoms with Gasteiger partial charge in [-0.05, 0) is 25.7 Å².